The number of carbonyl (C=O) groups is 1. The first-order chi connectivity index (χ1) is 9.33. The molecule has 0 aliphatic carbocycles. The maximum atomic E-state index is 12.1. The smallest absolute Gasteiger partial charge is 0.141 e. The topological polar surface area (TPSA) is 26.3 Å². The predicted octanol–water partition coefficient (Wildman–Crippen LogP) is 3.56. The van der Waals surface area contributed by atoms with Gasteiger partial charge in [-0.15, -0.1) is 11.3 Å². The van der Waals surface area contributed by atoms with Crippen molar-refractivity contribution in [3.63, 3.8) is 0 Å². The molecule has 3 heteroatoms. The van der Waals surface area contributed by atoms with Crippen LogP contribution < -0.4 is 0 Å². The molecule has 3 rings (SSSR count). The zero-order valence-corrected chi connectivity index (χ0v) is 11.5. The molecule has 1 aliphatic rings. The van der Waals surface area contributed by atoms with Crippen LogP contribution in [0.25, 0.3) is 0 Å². The summed E-state index contributed by atoms with van der Waals surface area (Å²) in [6.45, 7) is 0.716. The minimum absolute atomic E-state index is 0.0580. The first kappa shape index (κ1) is 12.6. The van der Waals surface area contributed by atoms with Gasteiger partial charge in [-0.3, -0.25) is 4.79 Å². The summed E-state index contributed by atoms with van der Waals surface area (Å²) in [5.74, 6) is 0.254. The molecule has 98 valence electrons. The number of hydrogen-bond donors (Lipinski definition) is 0. The number of ether oxygens (including phenoxy) is 1. The standard InChI is InChI=1S/C16H16O2S/c17-13(10-14-5-3-9-19-14)11-16-15-6-2-1-4-12(15)7-8-18-16/h1-6,9,16H,7-8,10-11H2. The minimum atomic E-state index is -0.0580. The van der Waals surface area contributed by atoms with Gasteiger partial charge in [-0.25, -0.2) is 0 Å². The first-order valence-corrected chi connectivity index (χ1v) is 7.44. The third-order valence-corrected chi connectivity index (χ3v) is 4.33. The molecule has 0 radical (unpaired) electrons. The largest absolute Gasteiger partial charge is 0.373 e. The molecule has 0 fully saturated rings. The molecule has 0 saturated carbocycles. The van der Waals surface area contributed by atoms with Gasteiger partial charge in [0, 0.05) is 17.7 Å². The first-order valence-electron chi connectivity index (χ1n) is 6.56. The maximum absolute atomic E-state index is 12.1. The van der Waals surface area contributed by atoms with E-state index >= 15 is 0 Å². The number of rotatable bonds is 4. The van der Waals surface area contributed by atoms with E-state index < -0.39 is 0 Å². The highest BCUT2D eigenvalue weighted by atomic mass is 32.1. The molecule has 1 aliphatic heterocycles. The summed E-state index contributed by atoms with van der Waals surface area (Å²) >= 11 is 1.64. The molecular formula is C16H16O2S. The van der Waals surface area contributed by atoms with Crippen molar-refractivity contribution in [1.29, 1.82) is 0 Å². The molecule has 2 heterocycles. The van der Waals surface area contributed by atoms with Gasteiger partial charge < -0.3 is 4.74 Å². The van der Waals surface area contributed by atoms with Crippen LogP contribution in [-0.4, -0.2) is 12.4 Å². The molecule has 1 atom stereocenters. The number of benzene rings is 1. The normalized spacial score (nSPS) is 18.0. The zero-order chi connectivity index (χ0) is 13.1. The highest BCUT2D eigenvalue weighted by molar-refractivity contribution is 7.10. The van der Waals surface area contributed by atoms with Gasteiger partial charge in [-0.2, -0.15) is 0 Å². The van der Waals surface area contributed by atoms with Crippen LogP contribution in [0, 0.1) is 0 Å². The summed E-state index contributed by atoms with van der Waals surface area (Å²) < 4.78 is 5.78. The van der Waals surface area contributed by atoms with Crippen LogP contribution in [0.2, 0.25) is 0 Å². The monoisotopic (exact) mass is 272 g/mol. The molecular weight excluding hydrogens is 256 g/mol. The number of Topliss-reactive ketones (excluding diaryl/α,β-unsaturated/α-hetero) is 1. The summed E-state index contributed by atoms with van der Waals surface area (Å²) in [4.78, 5) is 13.2. The zero-order valence-electron chi connectivity index (χ0n) is 10.7. The second-order valence-electron chi connectivity index (χ2n) is 4.81. The SMILES string of the molecule is O=C(Cc1cccs1)CC1OCCc2ccccc21. The third kappa shape index (κ3) is 2.94. The Morgan fingerprint density at radius 3 is 3.00 bits per heavy atom. The van der Waals surface area contributed by atoms with E-state index in [1.54, 1.807) is 11.3 Å². The molecule has 0 amide bonds. The molecule has 2 aromatic rings. The lowest BCUT2D eigenvalue weighted by atomic mass is 9.94. The number of hydrogen-bond acceptors (Lipinski definition) is 3. The lowest BCUT2D eigenvalue weighted by Gasteiger charge is -2.25. The molecule has 0 saturated heterocycles. The van der Waals surface area contributed by atoms with Crippen LogP contribution >= 0.6 is 11.3 Å². The van der Waals surface area contributed by atoms with Crippen LogP contribution in [0.4, 0.5) is 0 Å². The molecule has 19 heavy (non-hydrogen) atoms. The van der Waals surface area contributed by atoms with E-state index in [9.17, 15) is 4.79 Å². The van der Waals surface area contributed by atoms with Crippen molar-refractivity contribution in [3.8, 4) is 0 Å². The molecule has 1 aromatic carbocycles. The van der Waals surface area contributed by atoms with Crippen LogP contribution in [0.3, 0.4) is 0 Å². The second kappa shape index (κ2) is 5.68. The van der Waals surface area contributed by atoms with E-state index in [-0.39, 0.29) is 11.9 Å². The fourth-order valence-corrected chi connectivity index (χ4v) is 3.27. The highest BCUT2D eigenvalue weighted by Gasteiger charge is 2.23. The average molecular weight is 272 g/mol. The molecule has 0 spiro atoms. The van der Waals surface area contributed by atoms with Crippen LogP contribution in [0.15, 0.2) is 41.8 Å². The third-order valence-electron chi connectivity index (χ3n) is 3.46. The lowest BCUT2D eigenvalue weighted by Crippen LogP contribution is -2.19. The highest BCUT2D eigenvalue weighted by Crippen LogP contribution is 2.30. The van der Waals surface area contributed by atoms with Gasteiger partial charge in [0.25, 0.3) is 0 Å². The number of thiophene rings is 1. The maximum Gasteiger partial charge on any atom is 0.141 e. The molecule has 0 N–H and O–H groups in total. The van der Waals surface area contributed by atoms with Gasteiger partial charge in [-0.1, -0.05) is 30.3 Å². The summed E-state index contributed by atoms with van der Waals surface area (Å²) in [5, 5.41) is 2.01. The minimum Gasteiger partial charge on any atom is -0.373 e. The van der Waals surface area contributed by atoms with Gasteiger partial charge in [0.15, 0.2) is 0 Å². The summed E-state index contributed by atoms with van der Waals surface area (Å²) in [6.07, 6.45) is 1.90. The summed E-state index contributed by atoms with van der Waals surface area (Å²) in [5.41, 5.74) is 2.51. The summed E-state index contributed by atoms with van der Waals surface area (Å²) in [6, 6.07) is 12.3. The molecule has 1 unspecified atom stereocenters. The van der Waals surface area contributed by atoms with E-state index in [1.165, 1.54) is 11.1 Å². The average Bonchev–Trinajstić information content (AvgIpc) is 2.92. The van der Waals surface area contributed by atoms with Crippen molar-refractivity contribution in [1.82, 2.24) is 0 Å². The van der Waals surface area contributed by atoms with Crippen LogP contribution in [0.5, 0.6) is 0 Å². The quantitative estimate of drug-likeness (QED) is 0.850. The van der Waals surface area contributed by atoms with Crippen molar-refractivity contribution < 1.29 is 9.53 Å². The van der Waals surface area contributed by atoms with Crippen molar-refractivity contribution >= 4 is 17.1 Å². The molecule has 2 nitrogen and oxygen atoms in total. The van der Waals surface area contributed by atoms with E-state index in [2.05, 4.69) is 18.2 Å². The fraction of sp³-hybridized carbons (Fsp3) is 0.312. The Labute approximate surface area is 117 Å². The van der Waals surface area contributed by atoms with Gasteiger partial charge >= 0.3 is 0 Å². The van der Waals surface area contributed by atoms with Gasteiger partial charge in [0.1, 0.15) is 5.78 Å². The Hall–Kier alpha value is -1.45. The van der Waals surface area contributed by atoms with E-state index in [0.717, 1.165) is 11.3 Å². The number of ketones is 1. The fourth-order valence-electron chi connectivity index (χ4n) is 2.53. The van der Waals surface area contributed by atoms with Crippen LogP contribution in [0.1, 0.15) is 28.5 Å². The summed E-state index contributed by atoms with van der Waals surface area (Å²) in [7, 11) is 0. The Balaban J connectivity index is 1.69. The molecule has 1 aromatic heterocycles. The number of carbonyl (C=O) groups excluding carboxylic acids is 1. The van der Waals surface area contributed by atoms with E-state index in [0.29, 0.717) is 19.4 Å². The van der Waals surface area contributed by atoms with Crippen molar-refractivity contribution in [2.45, 2.75) is 25.4 Å². The lowest BCUT2D eigenvalue weighted by molar-refractivity contribution is -0.121. The Kier molecular flexibility index (Phi) is 3.76. The number of fused-ring (bicyclic) bond motifs is 1. The van der Waals surface area contributed by atoms with Crippen molar-refractivity contribution in [2.75, 3.05) is 6.61 Å². The van der Waals surface area contributed by atoms with Crippen molar-refractivity contribution in [2.24, 2.45) is 0 Å². The van der Waals surface area contributed by atoms with Gasteiger partial charge in [0.2, 0.25) is 0 Å². The Bertz CT molecular complexity index is 560. The Morgan fingerprint density at radius 2 is 2.16 bits per heavy atom. The van der Waals surface area contributed by atoms with Gasteiger partial charge in [-0.05, 0) is 29.0 Å². The van der Waals surface area contributed by atoms with E-state index in [1.807, 2.05) is 23.6 Å². The van der Waals surface area contributed by atoms with Gasteiger partial charge in [0.05, 0.1) is 12.7 Å². The van der Waals surface area contributed by atoms with E-state index in [4.69, 9.17) is 4.74 Å². The predicted molar refractivity (Wildman–Crippen MR) is 76.5 cm³/mol. The van der Waals surface area contributed by atoms with Crippen LogP contribution in [-0.2, 0) is 22.4 Å². The molecule has 0 bridgehead atoms. The second-order valence-corrected chi connectivity index (χ2v) is 5.84. The Morgan fingerprint density at radius 1 is 1.26 bits per heavy atom. The van der Waals surface area contributed by atoms with Crippen molar-refractivity contribution in [3.05, 3.63) is 57.8 Å².